The van der Waals surface area contributed by atoms with Gasteiger partial charge in [0.05, 0.1) is 0 Å². The molecule has 0 atom stereocenters. The summed E-state index contributed by atoms with van der Waals surface area (Å²) in [6.07, 6.45) is 3.20. The molecule has 4 heteroatoms. The monoisotopic (exact) mass is 337 g/mol. The predicted molar refractivity (Wildman–Crippen MR) is 38.8 cm³/mol. The van der Waals surface area contributed by atoms with Gasteiger partial charge >= 0.3 is 5.97 Å². The van der Waals surface area contributed by atoms with Crippen molar-refractivity contribution in [3.8, 4) is 0 Å². The molecule has 0 bridgehead atoms. The summed E-state index contributed by atoms with van der Waals surface area (Å²) in [5.41, 5.74) is 4.61. The number of carbonyl (C=O) groups is 1. The van der Waals surface area contributed by atoms with Crippen molar-refractivity contribution >= 4 is 33.3 Å². The van der Waals surface area contributed by atoms with Crippen molar-refractivity contribution in [2.75, 3.05) is 0 Å². The van der Waals surface area contributed by atoms with Crippen LogP contribution in [-0.2, 0) is 4.79 Å². The first-order chi connectivity index (χ1) is 4.15. The van der Waals surface area contributed by atoms with Crippen LogP contribution in [0.15, 0.2) is 0 Å². The normalized spacial score (nSPS) is 21.7. The molecule has 1 rings (SSSR count). The van der Waals surface area contributed by atoms with Crippen LogP contribution in [0.25, 0.3) is 0 Å². The molecule has 56 valence electrons. The Balaban J connectivity index is 0.000000810. The van der Waals surface area contributed by atoms with Gasteiger partial charge < -0.3 is 10.8 Å². The Morgan fingerprint density at radius 2 is 1.80 bits per heavy atom. The fourth-order valence-corrected chi connectivity index (χ4v) is 1.22. The van der Waals surface area contributed by atoms with Crippen molar-refractivity contribution in [2.45, 2.75) is 31.2 Å². The van der Waals surface area contributed by atoms with Crippen molar-refractivity contribution in [1.82, 2.24) is 0 Å². The Labute approximate surface area is 80.1 Å². The Hall–Kier alpha value is 0.352. The van der Waals surface area contributed by atoms with E-state index in [2.05, 4.69) is 0 Å². The quantitative estimate of drug-likeness (QED) is 0.661. The maximum absolute atomic E-state index is 10.4. The van der Waals surface area contributed by atoms with E-state index in [0.717, 1.165) is 12.8 Å². The minimum Gasteiger partial charge on any atom is -0.480 e. The third-order valence-corrected chi connectivity index (χ3v) is 1.92. The van der Waals surface area contributed by atoms with Gasteiger partial charge in [-0.25, -0.2) is 0 Å². The molecule has 0 unspecified atom stereocenters. The molecule has 0 saturated heterocycles. The molecule has 0 aromatic carbocycles. The summed E-state index contributed by atoms with van der Waals surface area (Å²) >= 11 is 0. The second kappa shape index (κ2) is 3.66. The van der Waals surface area contributed by atoms with Gasteiger partial charge in [-0.3, -0.25) is 4.79 Å². The van der Waals surface area contributed by atoms with E-state index in [1.807, 2.05) is 0 Å². The summed E-state index contributed by atoms with van der Waals surface area (Å²) in [5, 5.41) is 8.55. The first-order valence-electron chi connectivity index (χ1n) is 3.17. The van der Waals surface area contributed by atoms with E-state index in [9.17, 15) is 4.79 Å². The van der Waals surface area contributed by atoms with Crippen LogP contribution in [0.3, 0.4) is 0 Å². The Kier molecular flexibility index (Phi) is 3.79. The zero-order valence-corrected chi connectivity index (χ0v) is 9.65. The second-order valence-corrected chi connectivity index (χ2v) is 2.67. The summed E-state index contributed by atoms with van der Waals surface area (Å²) in [6.45, 7) is 0. The Morgan fingerprint density at radius 3 is 2.00 bits per heavy atom. The molecular formula is C6H11NO2Pb. The van der Waals surface area contributed by atoms with Gasteiger partial charge in [0.25, 0.3) is 0 Å². The van der Waals surface area contributed by atoms with Crippen molar-refractivity contribution < 1.29 is 9.90 Å². The van der Waals surface area contributed by atoms with E-state index in [1.165, 1.54) is 0 Å². The fourth-order valence-electron chi connectivity index (χ4n) is 1.22. The maximum Gasteiger partial charge on any atom is 0.323 e. The first-order valence-corrected chi connectivity index (χ1v) is 3.17. The minimum atomic E-state index is -0.889. The van der Waals surface area contributed by atoms with Crippen LogP contribution in [-0.4, -0.2) is 43.9 Å². The number of hydrogen-bond acceptors (Lipinski definition) is 2. The standard InChI is InChI=1S/C6H11NO2.Pb/c7-6(5(8)9)3-1-2-4-6;/h1-4,7H2,(H,8,9);. The van der Waals surface area contributed by atoms with Crippen molar-refractivity contribution in [2.24, 2.45) is 5.73 Å². The van der Waals surface area contributed by atoms with Gasteiger partial charge in [0, 0.05) is 27.3 Å². The Bertz CT molecular complexity index is 132. The van der Waals surface area contributed by atoms with Crippen LogP contribution in [0, 0.1) is 0 Å². The molecule has 10 heavy (non-hydrogen) atoms. The van der Waals surface area contributed by atoms with Gasteiger partial charge in [-0.2, -0.15) is 0 Å². The van der Waals surface area contributed by atoms with Gasteiger partial charge in [0.15, 0.2) is 0 Å². The molecule has 0 aromatic rings. The van der Waals surface area contributed by atoms with Crippen LogP contribution in [0.5, 0.6) is 0 Å². The molecule has 3 N–H and O–H groups in total. The number of rotatable bonds is 1. The van der Waals surface area contributed by atoms with Crippen LogP contribution in [0.4, 0.5) is 0 Å². The molecule has 1 aliphatic carbocycles. The summed E-state index contributed by atoms with van der Waals surface area (Å²) < 4.78 is 0. The first kappa shape index (κ1) is 10.4. The molecule has 4 radical (unpaired) electrons. The van der Waals surface area contributed by atoms with E-state index >= 15 is 0 Å². The summed E-state index contributed by atoms with van der Waals surface area (Å²) in [7, 11) is 0. The van der Waals surface area contributed by atoms with E-state index in [-0.39, 0.29) is 27.3 Å². The summed E-state index contributed by atoms with van der Waals surface area (Å²) in [6, 6.07) is 0. The molecule has 1 aliphatic rings. The molecule has 0 amide bonds. The largest absolute Gasteiger partial charge is 0.480 e. The van der Waals surface area contributed by atoms with Gasteiger partial charge in [-0.1, -0.05) is 12.8 Å². The summed E-state index contributed by atoms with van der Waals surface area (Å²) in [4.78, 5) is 10.4. The zero-order chi connectivity index (χ0) is 6.91. The SMILES string of the molecule is NC1(C(=O)O)CCCC1.[Pb]. The summed E-state index contributed by atoms with van der Waals surface area (Å²) in [5.74, 6) is -0.847. The third kappa shape index (κ3) is 1.92. The molecule has 3 nitrogen and oxygen atoms in total. The van der Waals surface area contributed by atoms with E-state index in [1.54, 1.807) is 0 Å². The second-order valence-electron chi connectivity index (χ2n) is 2.67. The molecule has 1 saturated carbocycles. The molecule has 1 fully saturated rings. The number of carboxylic acids is 1. The van der Waals surface area contributed by atoms with Gasteiger partial charge in [0.1, 0.15) is 5.54 Å². The average molecular weight is 336 g/mol. The smallest absolute Gasteiger partial charge is 0.323 e. The molecule has 0 spiro atoms. The molecule has 0 heterocycles. The maximum atomic E-state index is 10.4. The van der Waals surface area contributed by atoms with Gasteiger partial charge in [-0.05, 0) is 12.8 Å². The van der Waals surface area contributed by atoms with E-state index in [0.29, 0.717) is 12.8 Å². The number of aliphatic carboxylic acids is 1. The third-order valence-electron chi connectivity index (χ3n) is 1.92. The fraction of sp³-hybridized carbons (Fsp3) is 0.833. The van der Waals surface area contributed by atoms with Crippen LogP contribution in [0.1, 0.15) is 25.7 Å². The minimum absolute atomic E-state index is 0. The van der Waals surface area contributed by atoms with Crippen molar-refractivity contribution in [1.29, 1.82) is 0 Å². The zero-order valence-electron chi connectivity index (χ0n) is 5.76. The van der Waals surface area contributed by atoms with Crippen molar-refractivity contribution in [3.05, 3.63) is 0 Å². The van der Waals surface area contributed by atoms with Gasteiger partial charge in [0.2, 0.25) is 0 Å². The molecule has 0 aliphatic heterocycles. The predicted octanol–water partition coefficient (Wildman–Crippen LogP) is -0.0383. The Morgan fingerprint density at radius 1 is 1.40 bits per heavy atom. The van der Waals surface area contributed by atoms with Crippen LogP contribution < -0.4 is 5.73 Å². The number of nitrogens with two attached hydrogens (primary N) is 1. The van der Waals surface area contributed by atoms with Gasteiger partial charge in [-0.15, -0.1) is 0 Å². The average Bonchev–Trinajstić information content (AvgIpc) is 2.16. The van der Waals surface area contributed by atoms with E-state index < -0.39 is 11.5 Å². The van der Waals surface area contributed by atoms with Crippen LogP contribution >= 0.6 is 0 Å². The topological polar surface area (TPSA) is 63.3 Å². The number of hydrogen-bond donors (Lipinski definition) is 2. The van der Waals surface area contributed by atoms with Crippen molar-refractivity contribution in [3.63, 3.8) is 0 Å². The van der Waals surface area contributed by atoms with Crippen LogP contribution in [0.2, 0.25) is 0 Å². The molecular weight excluding hydrogens is 325 g/mol. The van der Waals surface area contributed by atoms with E-state index in [4.69, 9.17) is 10.8 Å². The number of carboxylic acid groups (broad SMARTS) is 1. The molecule has 0 aromatic heterocycles.